The molecule has 1 saturated carbocycles. The van der Waals surface area contributed by atoms with E-state index in [4.69, 9.17) is 4.74 Å². The summed E-state index contributed by atoms with van der Waals surface area (Å²) in [5.74, 6) is 1.15. The van der Waals surface area contributed by atoms with Crippen molar-refractivity contribution < 1.29 is 9.53 Å². The van der Waals surface area contributed by atoms with Gasteiger partial charge in [0.1, 0.15) is 11.4 Å². The van der Waals surface area contributed by atoms with Crippen molar-refractivity contribution in [3.05, 3.63) is 27.9 Å². The van der Waals surface area contributed by atoms with Gasteiger partial charge < -0.3 is 9.64 Å². The summed E-state index contributed by atoms with van der Waals surface area (Å²) in [6, 6.07) is 0. The number of unbranched alkanes of at least 4 members (excludes halogenated alkanes) is 1. The molecule has 1 aliphatic carbocycles. The molecule has 0 aromatic carbocycles. The largest absolute Gasteiger partial charge is 0.371 e. The number of hydrogen-bond donors (Lipinski definition) is 1. The molecule has 1 N–H and O–H groups in total. The molecule has 4 rings (SSSR count). The Kier molecular flexibility index (Phi) is 4.52. The molecule has 0 radical (unpaired) electrons. The number of fused-ring (bicyclic) bond motifs is 1. The molecule has 2 aliphatic rings. The molecular weight excluding hydrogens is 334 g/mol. The van der Waals surface area contributed by atoms with Crippen LogP contribution in [0.2, 0.25) is 0 Å². The van der Waals surface area contributed by atoms with Crippen LogP contribution in [-0.4, -0.2) is 55.7 Å². The van der Waals surface area contributed by atoms with Gasteiger partial charge in [0.05, 0.1) is 12.2 Å². The summed E-state index contributed by atoms with van der Waals surface area (Å²) in [4.78, 5) is 35.8. The number of hydrogen-bond acceptors (Lipinski definition) is 5. The molecular formula is C18H25N5O3. The lowest BCUT2D eigenvalue weighted by Crippen LogP contribution is -2.51. The van der Waals surface area contributed by atoms with Gasteiger partial charge in [-0.2, -0.15) is 9.50 Å². The van der Waals surface area contributed by atoms with Gasteiger partial charge in [-0.25, -0.2) is 4.98 Å². The second-order valence-corrected chi connectivity index (χ2v) is 7.41. The molecule has 0 bridgehead atoms. The average Bonchev–Trinajstić information content (AvgIpc) is 3.41. The lowest BCUT2D eigenvalue weighted by atomic mass is 10.1. The van der Waals surface area contributed by atoms with Gasteiger partial charge in [0, 0.05) is 19.3 Å². The second kappa shape index (κ2) is 6.83. The summed E-state index contributed by atoms with van der Waals surface area (Å²) in [6.45, 7) is 4.98. The first-order valence-electron chi connectivity index (χ1n) is 9.46. The van der Waals surface area contributed by atoms with Crippen molar-refractivity contribution in [2.45, 2.75) is 58.2 Å². The highest BCUT2D eigenvalue weighted by Crippen LogP contribution is 2.37. The number of aromatic amines is 1. The first kappa shape index (κ1) is 17.2. The third-order valence-electron chi connectivity index (χ3n) is 5.22. The molecule has 2 fully saturated rings. The molecule has 8 nitrogen and oxygen atoms in total. The van der Waals surface area contributed by atoms with E-state index in [1.807, 2.05) is 0 Å². The standard InChI is InChI=1S/C18H25N5O3/c1-3-4-5-13-9-22(10-15(26-13)12-6-7-12)16(24)14-8-19-18-20-11(2)21-23(18)17(14)25/h8,12-13,15H,3-7,9-10H2,1-2H3,(H,19,20,21)/t13-,15-/m1/s1. The lowest BCUT2D eigenvalue weighted by molar-refractivity contribution is -0.0874. The Hall–Kier alpha value is -2.22. The smallest absolute Gasteiger partial charge is 0.286 e. The predicted molar refractivity (Wildman–Crippen MR) is 95.2 cm³/mol. The minimum atomic E-state index is -0.403. The molecule has 0 unspecified atom stereocenters. The van der Waals surface area contributed by atoms with Gasteiger partial charge in [0.2, 0.25) is 0 Å². The van der Waals surface area contributed by atoms with Crippen LogP contribution in [0, 0.1) is 12.8 Å². The number of aryl methyl sites for hydroxylation is 1. The normalized spacial score (nSPS) is 23.5. The Morgan fingerprint density at radius 2 is 2.19 bits per heavy atom. The fourth-order valence-electron chi connectivity index (χ4n) is 3.64. The van der Waals surface area contributed by atoms with Crippen molar-refractivity contribution >= 4 is 11.7 Å². The first-order valence-corrected chi connectivity index (χ1v) is 9.46. The number of rotatable bonds is 5. The van der Waals surface area contributed by atoms with Crippen molar-refractivity contribution in [3.8, 4) is 0 Å². The van der Waals surface area contributed by atoms with Crippen molar-refractivity contribution in [2.75, 3.05) is 13.1 Å². The zero-order valence-electron chi connectivity index (χ0n) is 15.3. The number of morpholine rings is 1. The maximum absolute atomic E-state index is 13.1. The zero-order valence-corrected chi connectivity index (χ0v) is 15.3. The maximum Gasteiger partial charge on any atom is 0.286 e. The minimum Gasteiger partial charge on any atom is -0.371 e. The van der Waals surface area contributed by atoms with Crippen molar-refractivity contribution in [1.82, 2.24) is 24.5 Å². The Balaban J connectivity index is 1.59. The van der Waals surface area contributed by atoms with Gasteiger partial charge in [0.15, 0.2) is 0 Å². The van der Waals surface area contributed by atoms with E-state index in [9.17, 15) is 9.59 Å². The van der Waals surface area contributed by atoms with Crippen molar-refractivity contribution in [3.63, 3.8) is 0 Å². The average molecular weight is 359 g/mol. The maximum atomic E-state index is 13.1. The third kappa shape index (κ3) is 3.25. The highest BCUT2D eigenvalue weighted by molar-refractivity contribution is 5.93. The second-order valence-electron chi connectivity index (χ2n) is 7.41. The topological polar surface area (TPSA) is 92.6 Å². The summed E-state index contributed by atoms with van der Waals surface area (Å²) >= 11 is 0. The van der Waals surface area contributed by atoms with Crippen molar-refractivity contribution in [1.29, 1.82) is 0 Å². The predicted octanol–water partition coefficient (Wildman–Crippen LogP) is 1.54. The van der Waals surface area contributed by atoms with Gasteiger partial charge in [-0.15, -0.1) is 0 Å². The summed E-state index contributed by atoms with van der Waals surface area (Å²) in [6.07, 6.45) is 6.93. The van der Waals surface area contributed by atoms with Crippen LogP contribution in [0.15, 0.2) is 11.0 Å². The number of H-pyrrole nitrogens is 1. The van der Waals surface area contributed by atoms with Crippen molar-refractivity contribution in [2.24, 2.45) is 5.92 Å². The molecule has 2 aromatic rings. The van der Waals surface area contributed by atoms with Crippen LogP contribution in [0.4, 0.5) is 0 Å². The summed E-state index contributed by atoms with van der Waals surface area (Å²) in [5, 5.41) is 2.83. The number of amides is 1. The number of carbonyl (C=O) groups excluding carboxylic acids is 1. The fourth-order valence-corrected chi connectivity index (χ4v) is 3.64. The van der Waals surface area contributed by atoms with E-state index in [0.29, 0.717) is 24.8 Å². The summed E-state index contributed by atoms with van der Waals surface area (Å²) in [5.41, 5.74) is -0.322. The molecule has 0 spiro atoms. The van der Waals surface area contributed by atoms with E-state index in [-0.39, 0.29) is 29.5 Å². The first-order chi connectivity index (χ1) is 12.6. The molecule has 2 aromatic heterocycles. The highest BCUT2D eigenvalue weighted by atomic mass is 16.5. The number of carbonyl (C=O) groups is 1. The third-order valence-corrected chi connectivity index (χ3v) is 5.22. The monoisotopic (exact) mass is 359 g/mol. The molecule has 2 atom stereocenters. The molecule has 1 saturated heterocycles. The Morgan fingerprint density at radius 3 is 2.92 bits per heavy atom. The van der Waals surface area contributed by atoms with E-state index in [1.54, 1.807) is 11.8 Å². The van der Waals surface area contributed by atoms with Gasteiger partial charge in [0.25, 0.3) is 17.2 Å². The molecule has 3 heterocycles. The van der Waals surface area contributed by atoms with E-state index in [1.165, 1.54) is 10.7 Å². The SMILES string of the molecule is CCCC[C@@H]1CN(C(=O)c2cnc3nc(C)[nH]n3c2=O)C[C@H](C2CC2)O1. The van der Waals surface area contributed by atoms with Crippen LogP contribution in [0.1, 0.15) is 55.2 Å². The van der Waals surface area contributed by atoms with E-state index in [2.05, 4.69) is 22.0 Å². The Morgan fingerprint density at radius 1 is 1.38 bits per heavy atom. The van der Waals surface area contributed by atoms with Crippen LogP contribution in [0.3, 0.4) is 0 Å². The number of ether oxygens (including phenoxy) is 1. The number of aromatic nitrogens is 4. The van der Waals surface area contributed by atoms with Crippen LogP contribution in [-0.2, 0) is 4.74 Å². The lowest BCUT2D eigenvalue weighted by Gasteiger charge is -2.38. The summed E-state index contributed by atoms with van der Waals surface area (Å²) < 4.78 is 7.46. The Bertz CT molecular complexity index is 869. The van der Waals surface area contributed by atoms with E-state index in [0.717, 1.165) is 32.1 Å². The molecule has 8 heteroatoms. The van der Waals surface area contributed by atoms with Gasteiger partial charge in [-0.3, -0.25) is 14.7 Å². The molecule has 26 heavy (non-hydrogen) atoms. The fraction of sp³-hybridized carbons (Fsp3) is 0.667. The van der Waals surface area contributed by atoms with Crippen LogP contribution >= 0.6 is 0 Å². The van der Waals surface area contributed by atoms with Gasteiger partial charge >= 0.3 is 0 Å². The molecule has 140 valence electrons. The highest BCUT2D eigenvalue weighted by Gasteiger charge is 2.40. The number of nitrogens with one attached hydrogen (secondary N) is 1. The van der Waals surface area contributed by atoms with Gasteiger partial charge in [-0.1, -0.05) is 19.8 Å². The summed E-state index contributed by atoms with van der Waals surface area (Å²) in [7, 11) is 0. The molecule has 1 amide bonds. The van der Waals surface area contributed by atoms with Crippen LogP contribution < -0.4 is 5.56 Å². The van der Waals surface area contributed by atoms with Crippen LogP contribution in [0.5, 0.6) is 0 Å². The quantitative estimate of drug-likeness (QED) is 0.874. The van der Waals surface area contributed by atoms with E-state index < -0.39 is 5.56 Å². The van der Waals surface area contributed by atoms with E-state index >= 15 is 0 Å². The van der Waals surface area contributed by atoms with Crippen LogP contribution in [0.25, 0.3) is 5.78 Å². The van der Waals surface area contributed by atoms with Gasteiger partial charge in [-0.05, 0) is 32.1 Å². The number of nitrogens with zero attached hydrogens (tertiary/aromatic N) is 4. The Labute approximate surface area is 151 Å². The zero-order chi connectivity index (χ0) is 18.3. The molecule has 1 aliphatic heterocycles. The minimum absolute atomic E-state index is 0.0482.